The van der Waals surface area contributed by atoms with Crippen LogP contribution in [0.1, 0.15) is 40.9 Å². The van der Waals surface area contributed by atoms with Crippen LogP contribution in [0.3, 0.4) is 0 Å². The van der Waals surface area contributed by atoms with Crippen LogP contribution >= 0.6 is 0 Å². The Kier molecular flexibility index (Phi) is 3.76. The molecule has 0 heterocycles. The molecule has 0 aliphatic heterocycles. The van der Waals surface area contributed by atoms with E-state index >= 15 is 0 Å². The van der Waals surface area contributed by atoms with Crippen LogP contribution in [0.25, 0.3) is 0 Å². The average molecular weight is 270 g/mol. The van der Waals surface area contributed by atoms with Gasteiger partial charge < -0.3 is 0 Å². The van der Waals surface area contributed by atoms with Gasteiger partial charge in [0.2, 0.25) is 0 Å². The molecule has 104 valence electrons. The molecule has 1 nitrogen and oxygen atoms in total. The predicted molar refractivity (Wildman–Crippen MR) is 79.7 cm³/mol. The molecular weight excluding hydrogens is 251 g/mol. The first-order valence-electron chi connectivity index (χ1n) is 6.70. The zero-order valence-corrected chi connectivity index (χ0v) is 12.3. The van der Waals surface area contributed by atoms with E-state index in [9.17, 15) is 9.18 Å². The average Bonchev–Trinajstić information content (AvgIpc) is 2.41. The molecule has 0 bridgehead atoms. The van der Waals surface area contributed by atoms with E-state index in [1.807, 2.05) is 45.9 Å². The molecule has 2 heteroatoms. The number of hydrogen-bond donors (Lipinski definition) is 0. The van der Waals surface area contributed by atoms with Crippen LogP contribution < -0.4 is 0 Å². The molecule has 2 rings (SSSR count). The summed E-state index contributed by atoms with van der Waals surface area (Å²) in [5, 5.41) is 0. The summed E-state index contributed by atoms with van der Waals surface area (Å²) in [6.45, 7) is 7.77. The van der Waals surface area contributed by atoms with Crippen molar-refractivity contribution in [2.45, 2.75) is 33.1 Å². The van der Waals surface area contributed by atoms with Gasteiger partial charge in [-0.1, -0.05) is 24.3 Å². The molecule has 0 radical (unpaired) electrons. The third kappa shape index (κ3) is 2.64. The van der Waals surface area contributed by atoms with Crippen molar-refractivity contribution in [3.63, 3.8) is 0 Å². The SMILES string of the molecule is Cc1ccc(C(=O)C(C)(C)c2ccc(F)cc2)cc1C. The third-order valence-corrected chi connectivity index (χ3v) is 3.90. The number of rotatable bonds is 3. The number of aryl methyl sites for hydroxylation is 2. The predicted octanol–water partition coefficient (Wildman–Crippen LogP) is 4.60. The molecule has 0 saturated heterocycles. The molecule has 0 atom stereocenters. The van der Waals surface area contributed by atoms with Crippen LogP contribution in [-0.4, -0.2) is 5.78 Å². The fourth-order valence-corrected chi connectivity index (χ4v) is 2.24. The summed E-state index contributed by atoms with van der Waals surface area (Å²) in [7, 11) is 0. The summed E-state index contributed by atoms with van der Waals surface area (Å²) >= 11 is 0. The van der Waals surface area contributed by atoms with E-state index in [0.717, 1.165) is 11.1 Å². The van der Waals surface area contributed by atoms with Gasteiger partial charge in [-0.05, 0) is 62.6 Å². The Morgan fingerprint density at radius 3 is 2.10 bits per heavy atom. The van der Waals surface area contributed by atoms with Crippen molar-refractivity contribution in [1.29, 1.82) is 0 Å². The minimum absolute atomic E-state index is 0.0483. The number of halogens is 1. The minimum Gasteiger partial charge on any atom is -0.293 e. The summed E-state index contributed by atoms with van der Waals surface area (Å²) in [5.41, 5.74) is 3.12. The third-order valence-electron chi connectivity index (χ3n) is 3.90. The van der Waals surface area contributed by atoms with Gasteiger partial charge in [-0.25, -0.2) is 4.39 Å². The van der Waals surface area contributed by atoms with E-state index in [4.69, 9.17) is 0 Å². The fraction of sp³-hybridized carbons (Fsp3) is 0.278. The fourth-order valence-electron chi connectivity index (χ4n) is 2.24. The maximum atomic E-state index is 13.0. The van der Waals surface area contributed by atoms with Crippen molar-refractivity contribution in [3.05, 3.63) is 70.5 Å². The first-order chi connectivity index (χ1) is 9.32. The van der Waals surface area contributed by atoms with Crippen LogP contribution in [0.15, 0.2) is 42.5 Å². The molecule has 0 aromatic heterocycles. The van der Waals surface area contributed by atoms with E-state index in [2.05, 4.69) is 0 Å². The molecule has 0 N–H and O–H groups in total. The highest BCUT2D eigenvalue weighted by Crippen LogP contribution is 2.28. The summed E-state index contributed by atoms with van der Waals surface area (Å²) < 4.78 is 13.0. The van der Waals surface area contributed by atoms with E-state index < -0.39 is 5.41 Å². The molecule has 0 fully saturated rings. The lowest BCUT2D eigenvalue weighted by atomic mass is 9.77. The largest absolute Gasteiger partial charge is 0.293 e. The van der Waals surface area contributed by atoms with Gasteiger partial charge in [0.1, 0.15) is 5.82 Å². The van der Waals surface area contributed by atoms with Crippen LogP contribution in [0.4, 0.5) is 4.39 Å². The van der Waals surface area contributed by atoms with Crippen molar-refractivity contribution >= 4 is 5.78 Å². The Labute approximate surface area is 119 Å². The van der Waals surface area contributed by atoms with Gasteiger partial charge in [-0.15, -0.1) is 0 Å². The van der Waals surface area contributed by atoms with E-state index in [-0.39, 0.29) is 11.6 Å². The van der Waals surface area contributed by atoms with Gasteiger partial charge >= 0.3 is 0 Å². The van der Waals surface area contributed by atoms with Crippen molar-refractivity contribution in [2.24, 2.45) is 0 Å². The van der Waals surface area contributed by atoms with E-state index in [1.54, 1.807) is 12.1 Å². The molecule has 0 spiro atoms. The highest BCUT2D eigenvalue weighted by Gasteiger charge is 2.30. The number of benzene rings is 2. The second kappa shape index (κ2) is 5.20. The van der Waals surface area contributed by atoms with Crippen molar-refractivity contribution in [2.75, 3.05) is 0 Å². The van der Waals surface area contributed by atoms with E-state index in [0.29, 0.717) is 5.56 Å². The maximum absolute atomic E-state index is 13.0. The summed E-state index contributed by atoms with van der Waals surface area (Å²) in [6.07, 6.45) is 0. The number of carbonyl (C=O) groups is 1. The quantitative estimate of drug-likeness (QED) is 0.745. The molecule has 0 unspecified atom stereocenters. The smallest absolute Gasteiger partial charge is 0.172 e. The number of carbonyl (C=O) groups excluding carboxylic acids is 1. The lowest BCUT2D eigenvalue weighted by molar-refractivity contribution is 0.0908. The van der Waals surface area contributed by atoms with Gasteiger partial charge in [0.05, 0.1) is 5.41 Å². The highest BCUT2D eigenvalue weighted by atomic mass is 19.1. The molecule has 20 heavy (non-hydrogen) atoms. The van der Waals surface area contributed by atoms with Gasteiger partial charge in [0, 0.05) is 5.56 Å². The minimum atomic E-state index is -0.671. The second-order valence-corrected chi connectivity index (χ2v) is 5.76. The number of hydrogen-bond acceptors (Lipinski definition) is 1. The van der Waals surface area contributed by atoms with Gasteiger partial charge in [-0.2, -0.15) is 0 Å². The van der Waals surface area contributed by atoms with Crippen LogP contribution in [0, 0.1) is 19.7 Å². The maximum Gasteiger partial charge on any atom is 0.172 e. The first-order valence-corrected chi connectivity index (χ1v) is 6.70. The van der Waals surface area contributed by atoms with Crippen molar-refractivity contribution in [3.8, 4) is 0 Å². The Morgan fingerprint density at radius 2 is 1.55 bits per heavy atom. The van der Waals surface area contributed by atoms with Crippen LogP contribution in [-0.2, 0) is 5.41 Å². The molecule has 2 aromatic carbocycles. The Morgan fingerprint density at radius 1 is 0.950 bits per heavy atom. The van der Waals surface area contributed by atoms with Crippen molar-refractivity contribution in [1.82, 2.24) is 0 Å². The zero-order chi connectivity index (χ0) is 14.9. The monoisotopic (exact) mass is 270 g/mol. The topological polar surface area (TPSA) is 17.1 Å². The molecule has 0 aliphatic carbocycles. The summed E-state index contributed by atoms with van der Waals surface area (Å²) in [4.78, 5) is 12.7. The highest BCUT2D eigenvalue weighted by molar-refractivity contribution is 6.03. The normalized spacial score (nSPS) is 11.4. The first kappa shape index (κ1) is 14.4. The summed E-state index contributed by atoms with van der Waals surface area (Å²) in [6, 6.07) is 11.9. The molecule has 0 amide bonds. The Hall–Kier alpha value is -1.96. The number of Topliss-reactive ketones (excluding diaryl/α,β-unsaturated/α-hetero) is 1. The molecule has 0 saturated carbocycles. The summed E-state index contributed by atoms with van der Waals surface area (Å²) in [5.74, 6) is -0.240. The standard InChI is InChI=1S/C18H19FO/c1-12-5-6-14(11-13(12)2)17(20)18(3,4)15-7-9-16(19)10-8-15/h5-11H,1-4H3. The molecule has 0 aliphatic rings. The molecular formula is C18H19FO. The number of ketones is 1. The second-order valence-electron chi connectivity index (χ2n) is 5.76. The van der Waals surface area contributed by atoms with Gasteiger partial charge in [0.25, 0.3) is 0 Å². The zero-order valence-electron chi connectivity index (χ0n) is 12.3. The van der Waals surface area contributed by atoms with Crippen LogP contribution in [0.5, 0.6) is 0 Å². The Bertz CT molecular complexity index is 639. The van der Waals surface area contributed by atoms with Crippen LogP contribution in [0.2, 0.25) is 0 Å². The molecule has 2 aromatic rings. The van der Waals surface area contributed by atoms with Crippen molar-refractivity contribution < 1.29 is 9.18 Å². The van der Waals surface area contributed by atoms with Gasteiger partial charge in [-0.3, -0.25) is 4.79 Å². The lowest BCUT2D eigenvalue weighted by Gasteiger charge is -2.24. The van der Waals surface area contributed by atoms with Gasteiger partial charge in [0.15, 0.2) is 5.78 Å². The van der Waals surface area contributed by atoms with E-state index in [1.165, 1.54) is 17.7 Å². The lowest BCUT2D eigenvalue weighted by Crippen LogP contribution is -2.29. The Balaban J connectivity index is 2.39.